The lowest BCUT2D eigenvalue weighted by molar-refractivity contribution is 0.0755. The van der Waals surface area contributed by atoms with E-state index in [1.54, 1.807) is 12.1 Å². The van der Waals surface area contributed by atoms with Crippen LogP contribution in [-0.4, -0.2) is 34.8 Å². The zero-order chi connectivity index (χ0) is 25.4. The van der Waals surface area contributed by atoms with Crippen molar-refractivity contribution < 1.29 is 9.59 Å². The van der Waals surface area contributed by atoms with Crippen LogP contribution in [0.2, 0.25) is 5.02 Å². The molecule has 190 valence electrons. The number of nitrogens with one attached hydrogen (secondary N) is 1. The lowest BCUT2D eigenvalue weighted by Gasteiger charge is -2.37. The second-order valence-corrected chi connectivity index (χ2v) is 11.4. The van der Waals surface area contributed by atoms with Gasteiger partial charge in [-0.25, -0.2) is 0 Å². The van der Waals surface area contributed by atoms with Crippen LogP contribution in [0.5, 0.6) is 0 Å². The molecule has 1 spiro atoms. The Kier molecular flexibility index (Phi) is 6.49. The highest BCUT2D eigenvalue weighted by atomic mass is 35.5. The molecule has 1 aliphatic heterocycles. The van der Waals surface area contributed by atoms with E-state index in [2.05, 4.69) is 27.3 Å². The molecule has 2 aliphatic carbocycles. The van der Waals surface area contributed by atoms with Gasteiger partial charge in [0, 0.05) is 31.0 Å². The Morgan fingerprint density at radius 2 is 1.84 bits per heavy atom. The van der Waals surface area contributed by atoms with Crippen LogP contribution in [0.15, 0.2) is 67.0 Å². The number of carbonyl (C=O) groups is 2. The monoisotopic (exact) mass is 513 g/mol. The molecule has 1 saturated heterocycles. The quantitative estimate of drug-likeness (QED) is 0.442. The Morgan fingerprint density at radius 3 is 2.62 bits per heavy atom. The second kappa shape index (κ2) is 9.94. The van der Waals surface area contributed by atoms with Gasteiger partial charge in [0.1, 0.15) is 0 Å². The molecule has 0 bridgehead atoms. The van der Waals surface area contributed by atoms with Crippen LogP contribution in [0.1, 0.15) is 87.9 Å². The molecular weight excluding hydrogens is 482 g/mol. The molecule has 2 heterocycles. The normalized spacial score (nSPS) is 24.7. The molecule has 6 heteroatoms. The van der Waals surface area contributed by atoms with E-state index in [1.165, 1.54) is 24.0 Å². The maximum absolute atomic E-state index is 13.6. The largest absolute Gasteiger partial charge is 0.345 e. The minimum atomic E-state index is -0.177. The molecule has 2 fully saturated rings. The number of likely N-dealkylation sites (tertiary alicyclic amines) is 1. The molecule has 0 unspecified atom stereocenters. The van der Waals surface area contributed by atoms with E-state index < -0.39 is 0 Å². The third kappa shape index (κ3) is 4.77. The molecular formula is C31H32ClN3O2. The van der Waals surface area contributed by atoms with Crippen LogP contribution in [0.3, 0.4) is 0 Å². The molecule has 6 rings (SSSR count). The van der Waals surface area contributed by atoms with Gasteiger partial charge in [-0.15, -0.1) is 0 Å². The molecule has 1 saturated carbocycles. The predicted octanol–water partition coefficient (Wildman–Crippen LogP) is 6.34. The van der Waals surface area contributed by atoms with Gasteiger partial charge in [0.05, 0.1) is 16.6 Å². The first-order chi connectivity index (χ1) is 18.0. The van der Waals surface area contributed by atoms with Gasteiger partial charge in [-0.2, -0.15) is 0 Å². The summed E-state index contributed by atoms with van der Waals surface area (Å²) in [6.45, 7) is 1.66. The lowest BCUT2D eigenvalue weighted by Crippen LogP contribution is -2.34. The predicted molar refractivity (Wildman–Crippen MR) is 145 cm³/mol. The van der Waals surface area contributed by atoms with Crippen LogP contribution < -0.4 is 5.32 Å². The van der Waals surface area contributed by atoms with Gasteiger partial charge in [-0.05, 0) is 103 Å². The number of hydrogen-bond acceptors (Lipinski definition) is 3. The summed E-state index contributed by atoms with van der Waals surface area (Å²) in [5, 5.41) is 3.58. The number of nitrogens with zero attached hydrogens (tertiary/aromatic N) is 2. The average molecular weight is 514 g/mol. The van der Waals surface area contributed by atoms with Gasteiger partial charge in [0.2, 0.25) is 0 Å². The van der Waals surface area contributed by atoms with Crippen molar-refractivity contribution >= 4 is 23.4 Å². The molecule has 3 aromatic rings. The fourth-order valence-electron chi connectivity index (χ4n) is 6.65. The third-order valence-electron chi connectivity index (χ3n) is 8.82. The number of aryl methyl sites for hydroxylation is 1. The van der Waals surface area contributed by atoms with Crippen molar-refractivity contribution in [1.82, 2.24) is 15.2 Å². The minimum Gasteiger partial charge on any atom is -0.345 e. The van der Waals surface area contributed by atoms with Crippen LogP contribution in [-0.2, 0) is 6.42 Å². The summed E-state index contributed by atoms with van der Waals surface area (Å²) in [5.41, 5.74) is 5.04. The maximum atomic E-state index is 13.6. The number of carbonyl (C=O) groups excluding carboxylic acids is 2. The summed E-state index contributed by atoms with van der Waals surface area (Å²) in [7, 11) is 0. The maximum Gasteiger partial charge on any atom is 0.253 e. The van der Waals surface area contributed by atoms with Gasteiger partial charge in [0.25, 0.3) is 11.8 Å². The summed E-state index contributed by atoms with van der Waals surface area (Å²) in [4.78, 5) is 32.8. The molecule has 1 atom stereocenters. The van der Waals surface area contributed by atoms with Crippen molar-refractivity contribution in [2.45, 2.75) is 56.9 Å². The molecule has 2 amide bonds. The number of benzene rings is 2. The van der Waals surface area contributed by atoms with Gasteiger partial charge >= 0.3 is 0 Å². The van der Waals surface area contributed by atoms with E-state index in [0.29, 0.717) is 16.5 Å². The molecule has 1 aromatic heterocycles. The Bertz CT molecular complexity index is 1320. The summed E-state index contributed by atoms with van der Waals surface area (Å²) in [6.07, 6.45) is 11.3. The fourth-order valence-corrected chi connectivity index (χ4v) is 6.87. The zero-order valence-electron chi connectivity index (χ0n) is 21.0. The number of rotatable bonds is 4. The number of amides is 2. The van der Waals surface area contributed by atoms with Crippen LogP contribution in [0.25, 0.3) is 0 Å². The first-order valence-electron chi connectivity index (χ1n) is 13.4. The SMILES string of the molecule is O=C(N[C@@H]1CCc2ccc(C(=O)N3CCC4(CCC(c5cccnc5)CC4)C3)cc21)c1ccccc1Cl. The molecule has 37 heavy (non-hydrogen) atoms. The van der Waals surface area contributed by atoms with E-state index in [-0.39, 0.29) is 23.3 Å². The van der Waals surface area contributed by atoms with Crippen LogP contribution in [0, 0.1) is 5.41 Å². The van der Waals surface area contributed by atoms with E-state index >= 15 is 0 Å². The van der Waals surface area contributed by atoms with Crippen molar-refractivity contribution in [3.8, 4) is 0 Å². The molecule has 3 aliphatic rings. The summed E-state index contributed by atoms with van der Waals surface area (Å²) >= 11 is 6.23. The summed E-state index contributed by atoms with van der Waals surface area (Å²) < 4.78 is 0. The smallest absolute Gasteiger partial charge is 0.253 e. The number of halogens is 1. The first-order valence-corrected chi connectivity index (χ1v) is 13.8. The Morgan fingerprint density at radius 1 is 1.00 bits per heavy atom. The first kappa shape index (κ1) is 24.2. The van der Waals surface area contributed by atoms with E-state index in [0.717, 1.165) is 56.3 Å². The van der Waals surface area contributed by atoms with Crippen molar-refractivity contribution in [1.29, 1.82) is 0 Å². The second-order valence-electron chi connectivity index (χ2n) is 11.0. The van der Waals surface area contributed by atoms with Gasteiger partial charge < -0.3 is 10.2 Å². The fraction of sp³-hybridized carbons (Fsp3) is 0.387. The number of hydrogen-bond donors (Lipinski definition) is 1. The van der Waals surface area contributed by atoms with E-state index in [9.17, 15) is 9.59 Å². The van der Waals surface area contributed by atoms with Crippen LogP contribution in [0.4, 0.5) is 0 Å². The zero-order valence-corrected chi connectivity index (χ0v) is 21.7. The van der Waals surface area contributed by atoms with Crippen molar-refractivity contribution in [3.63, 3.8) is 0 Å². The molecule has 2 aromatic carbocycles. The highest BCUT2D eigenvalue weighted by Gasteiger charge is 2.43. The minimum absolute atomic E-state index is 0.108. The molecule has 1 N–H and O–H groups in total. The number of fused-ring (bicyclic) bond motifs is 1. The number of aromatic nitrogens is 1. The van der Waals surface area contributed by atoms with Crippen LogP contribution >= 0.6 is 11.6 Å². The Balaban J connectivity index is 1.12. The van der Waals surface area contributed by atoms with E-state index in [1.807, 2.05) is 42.7 Å². The van der Waals surface area contributed by atoms with Crippen molar-refractivity contribution in [2.24, 2.45) is 5.41 Å². The molecule has 0 radical (unpaired) electrons. The number of pyridine rings is 1. The topological polar surface area (TPSA) is 62.3 Å². The Labute approximate surface area is 223 Å². The Hall–Kier alpha value is -3.18. The summed E-state index contributed by atoms with van der Waals surface area (Å²) in [6, 6.07) is 17.2. The van der Waals surface area contributed by atoms with E-state index in [4.69, 9.17) is 11.6 Å². The van der Waals surface area contributed by atoms with Gasteiger partial charge in [-0.3, -0.25) is 14.6 Å². The van der Waals surface area contributed by atoms with Crippen molar-refractivity contribution in [3.05, 3.63) is 99.8 Å². The molecule has 5 nitrogen and oxygen atoms in total. The summed E-state index contributed by atoms with van der Waals surface area (Å²) in [5.74, 6) is 0.513. The van der Waals surface area contributed by atoms with Gasteiger partial charge in [0.15, 0.2) is 0 Å². The lowest BCUT2D eigenvalue weighted by atomic mass is 9.68. The highest BCUT2D eigenvalue weighted by molar-refractivity contribution is 6.33. The average Bonchev–Trinajstić information content (AvgIpc) is 3.53. The highest BCUT2D eigenvalue weighted by Crippen LogP contribution is 2.48. The standard InChI is InChI=1S/C31H32ClN3O2/c32-27-6-2-1-5-25(27)29(36)34-28-10-9-22-7-8-23(18-26(22)28)30(37)35-17-15-31(20-35)13-11-21(12-14-31)24-4-3-16-33-19-24/h1-8,16,18-19,21,28H,9-15,17,20H2,(H,34,36)/t21?,28-,31?/m1/s1. The third-order valence-corrected chi connectivity index (χ3v) is 9.15. The van der Waals surface area contributed by atoms with Gasteiger partial charge in [-0.1, -0.05) is 35.9 Å². The van der Waals surface area contributed by atoms with Crippen molar-refractivity contribution in [2.75, 3.05) is 13.1 Å².